The molecule has 152 valence electrons. The van der Waals surface area contributed by atoms with Crippen LogP contribution in [0.15, 0.2) is 76.4 Å². The number of benzene rings is 3. The Bertz CT molecular complexity index is 1140. The summed E-state index contributed by atoms with van der Waals surface area (Å²) < 4.78 is 5.86. The van der Waals surface area contributed by atoms with Crippen molar-refractivity contribution in [3.63, 3.8) is 0 Å². The summed E-state index contributed by atoms with van der Waals surface area (Å²) in [5, 5.41) is 13.4. The van der Waals surface area contributed by atoms with Gasteiger partial charge in [0.1, 0.15) is 0 Å². The van der Waals surface area contributed by atoms with Crippen molar-refractivity contribution in [3.05, 3.63) is 99.4 Å². The van der Waals surface area contributed by atoms with Gasteiger partial charge in [-0.2, -0.15) is 0 Å². The van der Waals surface area contributed by atoms with E-state index in [0.717, 1.165) is 17.0 Å². The molecule has 0 bridgehead atoms. The van der Waals surface area contributed by atoms with Crippen molar-refractivity contribution in [1.82, 2.24) is 10.2 Å². The van der Waals surface area contributed by atoms with Crippen molar-refractivity contribution < 1.29 is 4.42 Å². The molecule has 0 fully saturated rings. The highest BCUT2D eigenvalue weighted by molar-refractivity contribution is 7.98. The Hall–Kier alpha value is -2.47. The van der Waals surface area contributed by atoms with Gasteiger partial charge in [-0.15, -0.1) is 10.2 Å². The van der Waals surface area contributed by atoms with E-state index in [4.69, 9.17) is 27.6 Å². The van der Waals surface area contributed by atoms with Gasteiger partial charge in [0.15, 0.2) is 0 Å². The number of aromatic nitrogens is 2. The number of hydrogen-bond donors (Lipinski definition) is 1. The molecule has 4 aromatic rings. The molecule has 4 rings (SSSR count). The molecule has 0 spiro atoms. The predicted octanol–water partition coefficient (Wildman–Crippen LogP) is 7.31. The second-order valence-corrected chi connectivity index (χ2v) is 8.47. The second-order valence-electron chi connectivity index (χ2n) is 6.73. The largest absolute Gasteiger partial charge is 0.416 e. The first-order chi connectivity index (χ1) is 14.6. The lowest BCUT2D eigenvalue weighted by Crippen LogP contribution is -1.98. The Morgan fingerprint density at radius 1 is 0.867 bits per heavy atom. The Balaban J connectivity index is 1.47. The van der Waals surface area contributed by atoms with Crippen LogP contribution in [0.25, 0.3) is 0 Å². The molecule has 1 heterocycles. The summed E-state index contributed by atoms with van der Waals surface area (Å²) in [6, 6.07) is 21.6. The van der Waals surface area contributed by atoms with Crippen molar-refractivity contribution in [3.8, 4) is 0 Å². The fraction of sp³-hybridized carbons (Fsp3) is 0.130. The molecule has 7 heteroatoms. The number of nitrogens with zero attached hydrogens (tertiary/aromatic N) is 2. The first-order valence-corrected chi connectivity index (χ1v) is 11.1. The van der Waals surface area contributed by atoms with Crippen molar-refractivity contribution in [2.45, 2.75) is 24.3 Å². The van der Waals surface area contributed by atoms with Crippen LogP contribution in [0.3, 0.4) is 0 Å². The zero-order valence-electron chi connectivity index (χ0n) is 16.2. The van der Waals surface area contributed by atoms with E-state index in [1.807, 2.05) is 42.5 Å². The molecule has 30 heavy (non-hydrogen) atoms. The molecule has 0 radical (unpaired) electrons. The molecule has 3 aromatic carbocycles. The Labute approximate surface area is 189 Å². The number of aryl methyl sites for hydroxylation is 1. The van der Waals surface area contributed by atoms with Gasteiger partial charge in [-0.25, -0.2) is 0 Å². The highest BCUT2D eigenvalue weighted by Crippen LogP contribution is 2.34. The molecule has 0 amide bonds. The van der Waals surface area contributed by atoms with Gasteiger partial charge in [0.05, 0.1) is 22.2 Å². The molecule has 0 aliphatic heterocycles. The highest BCUT2D eigenvalue weighted by atomic mass is 35.5. The zero-order valence-corrected chi connectivity index (χ0v) is 18.6. The molecule has 0 aliphatic rings. The molecule has 1 aromatic heterocycles. The van der Waals surface area contributed by atoms with Crippen LogP contribution in [0.4, 0.5) is 11.4 Å². The molecule has 4 nitrogen and oxygen atoms in total. The molecule has 1 N–H and O–H groups in total. The first kappa shape index (κ1) is 20.8. The number of nitrogens with one attached hydrogen (secondary N) is 1. The van der Waals surface area contributed by atoms with E-state index < -0.39 is 0 Å². The van der Waals surface area contributed by atoms with Crippen molar-refractivity contribution >= 4 is 46.3 Å². The van der Waals surface area contributed by atoms with E-state index in [0.29, 0.717) is 33.3 Å². The minimum absolute atomic E-state index is 0.503. The van der Waals surface area contributed by atoms with Crippen LogP contribution in [-0.2, 0) is 12.2 Å². The lowest BCUT2D eigenvalue weighted by atomic mass is 10.1. The summed E-state index contributed by atoms with van der Waals surface area (Å²) in [5.74, 6) is 1.35. The highest BCUT2D eigenvalue weighted by Gasteiger charge is 2.13. The third-order valence-corrected chi connectivity index (χ3v) is 6.14. The van der Waals surface area contributed by atoms with Gasteiger partial charge in [0.25, 0.3) is 5.22 Å². The van der Waals surface area contributed by atoms with Crippen LogP contribution in [0.5, 0.6) is 0 Å². The number of rotatable bonds is 7. The molecule has 0 unspecified atom stereocenters. The molecule has 0 atom stereocenters. The van der Waals surface area contributed by atoms with Crippen molar-refractivity contribution in [2.24, 2.45) is 0 Å². The number of halogens is 2. The third-order valence-electron chi connectivity index (χ3n) is 4.64. The summed E-state index contributed by atoms with van der Waals surface area (Å²) in [6.07, 6.45) is 0.503. The summed E-state index contributed by atoms with van der Waals surface area (Å²) >= 11 is 14.1. The zero-order chi connectivity index (χ0) is 20.9. The summed E-state index contributed by atoms with van der Waals surface area (Å²) in [4.78, 5) is 0. The van der Waals surface area contributed by atoms with Crippen LogP contribution in [0.2, 0.25) is 10.0 Å². The Morgan fingerprint density at radius 2 is 1.57 bits per heavy atom. The average molecular weight is 456 g/mol. The maximum Gasteiger partial charge on any atom is 0.276 e. The van der Waals surface area contributed by atoms with Gasteiger partial charge < -0.3 is 9.73 Å². The standard InChI is InChI=1S/C23H19Cl2N3OS/c1-15-7-2-3-9-17(15)14-30-23-28-27-21(29-23)13-16-8-4-5-12-20(16)26-22-18(24)10-6-11-19(22)25/h2-12,26H,13-14H2,1H3. The van der Waals surface area contributed by atoms with Gasteiger partial charge in [-0.05, 0) is 41.8 Å². The Kier molecular flexibility index (Phi) is 6.62. The van der Waals surface area contributed by atoms with E-state index in [2.05, 4.69) is 34.6 Å². The summed E-state index contributed by atoms with van der Waals surface area (Å²) in [7, 11) is 0. The van der Waals surface area contributed by atoms with Crippen LogP contribution in [0.1, 0.15) is 22.6 Å². The van der Waals surface area contributed by atoms with Crippen LogP contribution >= 0.6 is 35.0 Å². The monoisotopic (exact) mass is 455 g/mol. The fourth-order valence-corrected chi connectivity index (χ4v) is 4.34. The normalized spacial score (nSPS) is 10.9. The van der Waals surface area contributed by atoms with Gasteiger partial charge in [0.2, 0.25) is 5.89 Å². The van der Waals surface area contributed by atoms with Gasteiger partial charge >= 0.3 is 0 Å². The lowest BCUT2D eigenvalue weighted by Gasteiger charge is -2.13. The van der Waals surface area contributed by atoms with E-state index in [1.165, 1.54) is 22.9 Å². The van der Waals surface area contributed by atoms with Crippen molar-refractivity contribution in [2.75, 3.05) is 5.32 Å². The average Bonchev–Trinajstić information content (AvgIpc) is 3.19. The molecular weight excluding hydrogens is 437 g/mol. The molecule has 0 aliphatic carbocycles. The number of para-hydroxylation sites is 2. The minimum Gasteiger partial charge on any atom is -0.416 e. The second kappa shape index (κ2) is 9.56. The number of hydrogen-bond acceptors (Lipinski definition) is 5. The minimum atomic E-state index is 0.503. The number of anilines is 2. The van der Waals surface area contributed by atoms with Crippen LogP contribution < -0.4 is 5.32 Å². The predicted molar refractivity (Wildman–Crippen MR) is 124 cm³/mol. The summed E-state index contributed by atoms with van der Waals surface area (Å²) in [6.45, 7) is 2.10. The van der Waals surface area contributed by atoms with Crippen LogP contribution in [-0.4, -0.2) is 10.2 Å². The topological polar surface area (TPSA) is 51.0 Å². The van der Waals surface area contributed by atoms with Crippen molar-refractivity contribution in [1.29, 1.82) is 0 Å². The number of thioether (sulfide) groups is 1. The van der Waals surface area contributed by atoms with Gasteiger partial charge in [-0.3, -0.25) is 0 Å². The molecular formula is C23H19Cl2N3OS. The maximum absolute atomic E-state index is 6.30. The molecule has 0 saturated carbocycles. The Morgan fingerprint density at radius 3 is 2.33 bits per heavy atom. The van der Waals surface area contributed by atoms with E-state index in [-0.39, 0.29) is 0 Å². The molecule has 0 saturated heterocycles. The SMILES string of the molecule is Cc1ccccc1CSc1nnc(Cc2ccccc2Nc2c(Cl)cccc2Cl)o1. The van der Waals surface area contributed by atoms with Gasteiger partial charge in [0, 0.05) is 11.4 Å². The third kappa shape index (κ3) is 4.98. The van der Waals surface area contributed by atoms with E-state index in [1.54, 1.807) is 12.1 Å². The van der Waals surface area contributed by atoms with E-state index >= 15 is 0 Å². The quantitative estimate of drug-likeness (QED) is 0.296. The summed E-state index contributed by atoms with van der Waals surface area (Å²) in [5.41, 5.74) is 5.08. The van der Waals surface area contributed by atoms with E-state index in [9.17, 15) is 0 Å². The fourth-order valence-electron chi connectivity index (χ4n) is 2.99. The smallest absolute Gasteiger partial charge is 0.276 e. The first-order valence-electron chi connectivity index (χ1n) is 9.39. The van der Waals surface area contributed by atoms with Gasteiger partial charge in [-0.1, -0.05) is 83.5 Å². The van der Waals surface area contributed by atoms with Crippen LogP contribution in [0, 0.1) is 6.92 Å². The maximum atomic E-state index is 6.30. The lowest BCUT2D eigenvalue weighted by molar-refractivity contribution is 0.420.